The standard InChI is InChI=1S/C21H34N6O3/c1-13(2)27(14(3)4)9-8-23-18-12-19(26-21(22)25-18)24-15-10-16(28-5)20(30-7)17(11-15)29-6/h10-14H,8-9H2,1-7H3,(H4,22,23,24,25,26). The highest BCUT2D eigenvalue weighted by Gasteiger charge is 2.15. The monoisotopic (exact) mass is 418 g/mol. The number of benzene rings is 1. The van der Waals surface area contributed by atoms with Crippen LogP contribution in [0, 0.1) is 0 Å². The molecule has 0 spiro atoms. The van der Waals surface area contributed by atoms with E-state index in [0.717, 1.165) is 18.8 Å². The highest BCUT2D eigenvalue weighted by atomic mass is 16.5. The molecule has 4 N–H and O–H groups in total. The molecule has 0 aliphatic carbocycles. The predicted octanol–water partition coefficient (Wildman–Crippen LogP) is 3.36. The first-order valence-corrected chi connectivity index (χ1v) is 10.00. The lowest BCUT2D eigenvalue weighted by Crippen LogP contribution is -2.40. The topological polar surface area (TPSA) is 107 Å². The Kier molecular flexibility index (Phi) is 8.35. The SMILES string of the molecule is COc1cc(Nc2cc(NCCN(C(C)C)C(C)C)nc(N)n2)cc(OC)c1OC. The van der Waals surface area contributed by atoms with Gasteiger partial charge in [-0.05, 0) is 27.7 Å². The van der Waals surface area contributed by atoms with Gasteiger partial charge in [0.2, 0.25) is 11.7 Å². The zero-order valence-corrected chi connectivity index (χ0v) is 18.9. The molecule has 0 atom stereocenters. The second kappa shape index (κ2) is 10.7. The molecule has 0 unspecified atom stereocenters. The number of methoxy groups -OCH3 is 3. The molecular formula is C21H34N6O3. The van der Waals surface area contributed by atoms with Gasteiger partial charge in [-0.1, -0.05) is 0 Å². The minimum absolute atomic E-state index is 0.180. The van der Waals surface area contributed by atoms with E-state index >= 15 is 0 Å². The molecule has 1 heterocycles. The van der Waals surface area contributed by atoms with Crippen molar-refractivity contribution in [3.05, 3.63) is 18.2 Å². The third-order valence-electron chi connectivity index (χ3n) is 4.68. The van der Waals surface area contributed by atoms with Crippen molar-refractivity contribution in [2.24, 2.45) is 0 Å². The van der Waals surface area contributed by atoms with E-state index in [1.807, 2.05) is 6.07 Å². The van der Waals surface area contributed by atoms with Crippen LogP contribution < -0.4 is 30.6 Å². The van der Waals surface area contributed by atoms with E-state index in [4.69, 9.17) is 19.9 Å². The van der Waals surface area contributed by atoms with Gasteiger partial charge in [0, 0.05) is 49.1 Å². The lowest BCUT2D eigenvalue weighted by Gasteiger charge is -2.30. The number of nitrogens with one attached hydrogen (secondary N) is 2. The highest BCUT2D eigenvalue weighted by molar-refractivity contribution is 5.68. The lowest BCUT2D eigenvalue weighted by molar-refractivity contribution is 0.182. The Morgan fingerprint density at radius 2 is 1.47 bits per heavy atom. The fourth-order valence-electron chi connectivity index (χ4n) is 3.35. The fraction of sp³-hybridized carbons (Fsp3) is 0.524. The second-order valence-corrected chi connectivity index (χ2v) is 7.39. The van der Waals surface area contributed by atoms with Gasteiger partial charge in [0.25, 0.3) is 0 Å². The van der Waals surface area contributed by atoms with E-state index in [-0.39, 0.29) is 5.95 Å². The van der Waals surface area contributed by atoms with Crippen molar-refractivity contribution in [2.45, 2.75) is 39.8 Å². The van der Waals surface area contributed by atoms with Gasteiger partial charge in [-0.15, -0.1) is 0 Å². The van der Waals surface area contributed by atoms with Crippen LogP contribution in [0.1, 0.15) is 27.7 Å². The van der Waals surface area contributed by atoms with Crippen molar-refractivity contribution < 1.29 is 14.2 Å². The molecule has 9 heteroatoms. The van der Waals surface area contributed by atoms with Crippen LogP contribution in [0.25, 0.3) is 0 Å². The number of hydrogen-bond acceptors (Lipinski definition) is 9. The molecule has 0 fully saturated rings. The third-order valence-corrected chi connectivity index (χ3v) is 4.68. The third kappa shape index (κ3) is 6.03. The second-order valence-electron chi connectivity index (χ2n) is 7.39. The quantitative estimate of drug-likeness (QED) is 0.506. The first-order valence-electron chi connectivity index (χ1n) is 10.00. The minimum Gasteiger partial charge on any atom is -0.493 e. The van der Waals surface area contributed by atoms with E-state index in [1.54, 1.807) is 33.5 Å². The molecule has 0 amide bonds. The largest absolute Gasteiger partial charge is 0.493 e. The number of nitrogen functional groups attached to an aromatic ring is 1. The summed E-state index contributed by atoms with van der Waals surface area (Å²) in [6.45, 7) is 10.4. The molecule has 0 aliphatic rings. The maximum Gasteiger partial charge on any atom is 0.223 e. The van der Waals surface area contributed by atoms with Crippen LogP contribution >= 0.6 is 0 Å². The number of ether oxygens (including phenoxy) is 3. The number of aromatic nitrogens is 2. The first-order chi connectivity index (χ1) is 14.3. The molecule has 0 aliphatic heterocycles. The van der Waals surface area contributed by atoms with E-state index < -0.39 is 0 Å². The van der Waals surface area contributed by atoms with Crippen molar-refractivity contribution in [3.8, 4) is 17.2 Å². The summed E-state index contributed by atoms with van der Waals surface area (Å²) in [4.78, 5) is 11.0. The number of rotatable bonds is 11. The van der Waals surface area contributed by atoms with Crippen LogP contribution in [-0.4, -0.2) is 61.4 Å². The summed E-state index contributed by atoms with van der Waals surface area (Å²) >= 11 is 0. The Morgan fingerprint density at radius 3 is 1.97 bits per heavy atom. The lowest BCUT2D eigenvalue weighted by atomic mass is 10.2. The summed E-state index contributed by atoms with van der Waals surface area (Å²) in [7, 11) is 4.71. The molecular weight excluding hydrogens is 384 g/mol. The number of anilines is 4. The Bertz CT molecular complexity index is 795. The molecule has 0 saturated carbocycles. The van der Waals surface area contributed by atoms with Crippen LogP contribution in [0.15, 0.2) is 18.2 Å². The smallest absolute Gasteiger partial charge is 0.223 e. The molecule has 2 rings (SSSR count). The van der Waals surface area contributed by atoms with Gasteiger partial charge in [0.1, 0.15) is 11.6 Å². The van der Waals surface area contributed by atoms with Gasteiger partial charge in [-0.2, -0.15) is 9.97 Å². The number of nitrogens with zero attached hydrogens (tertiary/aromatic N) is 3. The maximum absolute atomic E-state index is 5.92. The predicted molar refractivity (Wildman–Crippen MR) is 121 cm³/mol. The molecule has 30 heavy (non-hydrogen) atoms. The van der Waals surface area contributed by atoms with Gasteiger partial charge >= 0.3 is 0 Å². The molecule has 1 aromatic carbocycles. The van der Waals surface area contributed by atoms with Crippen molar-refractivity contribution in [3.63, 3.8) is 0 Å². The molecule has 0 radical (unpaired) electrons. The van der Waals surface area contributed by atoms with Crippen molar-refractivity contribution in [1.82, 2.24) is 14.9 Å². The van der Waals surface area contributed by atoms with E-state index in [1.165, 1.54) is 0 Å². The van der Waals surface area contributed by atoms with Crippen LogP contribution in [0.2, 0.25) is 0 Å². The van der Waals surface area contributed by atoms with E-state index in [0.29, 0.717) is 41.0 Å². The Morgan fingerprint density at radius 1 is 0.900 bits per heavy atom. The summed E-state index contributed by atoms with van der Waals surface area (Å²) in [6.07, 6.45) is 0. The first kappa shape index (κ1) is 23.3. The molecule has 0 saturated heterocycles. The van der Waals surface area contributed by atoms with E-state index in [2.05, 4.69) is 53.2 Å². The molecule has 9 nitrogen and oxygen atoms in total. The van der Waals surface area contributed by atoms with Gasteiger partial charge in [0.15, 0.2) is 11.5 Å². The van der Waals surface area contributed by atoms with Gasteiger partial charge in [-0.25, -0.2) is 0 Å². The summed E-state index contributed by atoms with van der Waals surface area (Å²) in [5, 5.41) is 6.56. The van der Waals surface area contributed by atoms with Gasteiger partial charge in [-0.3, -0.25) is 4.90 Å². The number of hydrogen-bond donors (Lipinski definition) is 3. The molecule has 2 aromatic rings. The normalized spacial score (nSPS) is 11.1. The fourth-order valence-corrected chi connectivity index (χ4v) is 3.35. The summed E-state index contributed by atoms with van der Waals surface area (Å²) < 4.78 is 16.2. The summed E-state index contributed by atoms with van der Waals surface area (Å²) in [6, 6.07) is 6.36. The molecule has 0 bridgehead atoms. The van der Waals surface area contributed by atoms with Crippen LogP contribution in [0.5, 0.6) is 17.2 Å². The molecule has 166 valence electrons. The van der Waals surface area contributed by atoms with Gasteiger partial charge in [0.05, 0.1) is 21.3 Å². The van der Waals surface area contributed by atoms with Crippen molar-refractivity contribution in [2.75, 3.05) is 50.8 Å². The Hall–Kier alpha value is -2.94. The van der Waals surface area contributed by atoms with Crippen molar-refractivity contribution >= 4 is 23.3 Å². The summed E-state index contributed by atoms with van der Waals surface area (Å²) in [5.41, 5.74) is 6.64. The molecule has 1 aromatic heterocycles. The average Bonchev–Trinajstić information content (AvgIpc) is 2.69. The van der Waals surface area contributed by atoms with Crippen LogP contribution in [0.4, 0.5) is 23.3 Å². The van der Waals surface area contributed by atoms with E-state index in [9.17, 15) is 0 Å². The van der Waals surface area contributed by atoms with Crippen molar-refractivity contribution in [1.29, 1.82) is 0 Å². The summed E-state index contributed by atoms with van der Waals surface area (Å²) in [5.74, 6) is 3.01. The number of nitrogens with two attached hydrogens (primary N) is 1. The zero-order valence-electron chi connectivity index (χ0n) is 18.9. The maximum atomic E-state index is 5.92. The minimum atomic E-state index is 0.180. The van der Waals surface area contributed by atoms with Crippen LogP contribution in [0.3, 0.4) is 0 Å². The average molecular weight is 419 g/mol. The Balaban J connectivity index is 2.16. The Labute approximate surface area is 178 Å². The van der Waals surface area contributed by atoms with Gasteiger partial charge < -0.3 is 30.6 Å². The zero-order chi connectivity index (χ0) is 22.3. The van der Waals surface area contributed by atoms with Crippen LogP contribution in [-0.2, 0) is 0 Å². The highest BCUT2D eigenvalue weighted by Crippen LogP contribution is 2.40.